The standard InChI is InChI=1S/C15H22N4O/c1-12(2)20-15-8-6-14(7-9-15)19-11-13(17-18-19)5-3-4-10-16/h6-9,11-12H,3-5,10,16H2,1-2H3. The molecule has 2 aromatic rings. The summed E-state index contributed by atoms with van der Waals surface area (Å²) in [7, 11) is 0. The second-order valence-electron chi connectivity index (χ2n) is 5.06. The Morgan fingerprint density at radius 1 is 1.20 bits per heavy atom. The van der Waals surface area contributed by atoms with Gasteiger partial charge < -0.3 is 10.5 Å². The van der Waals surface area contributed by atoms with Crippen molar-refractivity contribution in [1.82, 2.24) is 15.0 Å². The Labute approximate surface area is 119 Å². The fourth-order valence-corrected chi connectivity index (χ4v) is 1.94. The van der Waals surface area contributed by atoms with Crippen LogP contribution in [0.5, 0.6) is 5.75 Å². The van der Waals surface area contributed by atoms with Crippen molar-refractivity contribution in [3.8, 4) is 11.4 Å². The number of nitrogens with zero attached hydrogens (tertiary/aromatic N) is 3. The fraction of sp³-hybridized carbons (Fsp3) is 0.467. The van der Waals surface area contributed by atoms with Crippen LogP contribution in [0.4, 0.5) is 0 Å². The Morgan fingerprint density at radius 2 is 1.95 bits per heavy atom. The first-order valence-corrected chi connectivity index (χ1v) is 7.07. The maximum absolute atomic E-state index is 5.62. The van der Waals surface area contributed by atoms with E-state index in [0.29, 0.717) is 0 Å². The third kappa shape index (κ3) is 4.06. The summed E-state index contributed by atoms with van der Waals surface area (Å²) < 4.78 is 7.41. The van der Waals surface area contributed by atoms with E-state index in [-0.39, 0.29) is 6.10 Å². The van der Waals surface area contributed by atoms with Gasteiger partial charge in [-0.1, -0.05) is 5.21 Å². The van der Waals surface area contributed by atoms with Crippen LogP contribution in [0.2, 0.25) is 0 Å². The normalized spacial score (nSPS) is 11.0. The first-order chi connectivity index (χ1) is 9.69. The molecule has 5 heteroatoms. The van der Waals surface area contributed by atoms with Gasteiger partial charge in [0.15, 0.2) is 0 Å². The van der Waals surface area contributed by atoms with Gasteiger partial charge in [0.25, 0.3) is 0 Å². The number of aryl methyl sites for hydroxylation is 1. The molecular formula is C15H22N4O. The maximum Gasteiger partial charge on any atom is 0.119 e. The van der Waals surface area contributed by atoms with E-state index in [0.717, 1.165) is 42.9 Å². The fourth-order valence-electron chi connectivity index (χ4n) is 1.94. The molecule has 0 aliphatic heterocycles. The van der Waals surface area contributed by atoms with Gasteiger partial charge in [-0.25, -0.2) is 4.68 Å². The molecule has 0 spiro atoms. The quantitative estimate of drug-likeness (QED) is 0.787. The van der Waals surface area contributed by atoms with Gasteiger partial charge >= 0.3 is 0 Å². The van der Waals surface area contributed by atoms with E-state index in [4.69, 9.17) is 10.5 Å². The molecule has 0 saturated heterocycles. The van der Waals surface area contributed by atoms with E-state index >= 15 is 0 Å². The van der Waals surface area contributed by atoms with Gasteiger partial charge in [-0.15, -0.1) is 5.10 Å². The molecule has 2 N–H and O–H groups in total. The highest BCUT2D eigenvalue weighted by Gasteiger charge is 2.04. The average Bonchev–Trinajstić information content (AvgIpc) is 2.88. The van der Waals surface area contributed by atoms with Gasteiger partial charge in [0, 0.05) is 0 Å². The summed E-state index contributed by atoms with van der Waals surface area (Å²) in [6.07, 6.45) is 5.15. The Bertz CT molecular complexity index is 519. The summed E-state index contributed by atoms with van der Waals surface area (Å²) in [6.45, 7) is 4.75. The van der Waals surface area contributed by atoms with E-state index in [2.05, 4.69) is 10.3 Å². The Morgan fingerprint density at radius 3 is 2.60 bits per heavy atom. The van der Waals surface area contributed by atoms with Crippen LogP contribution >= 0.6 is 0 Å². The molecule has 2 rings (SSSR count). The van der Waals surface area contributed by atoms with Crippen molar-refractivity contribution in [2.75, 3.05) is 6.54 Å². The topological polar surface area (TPSA) is 66.0 Å². The number of nitrogens with two attached hydrogens (primary N) is 1. The van der Waals surface area contributed by atoms with Crippen molar-refractivity contribution in [3.05, 3.63) is 36.2 Å². The first-order valence-electron chi connectivity index (χ1n) is 7.07. The van der Waals surface area contributed by atoms with Crippen LogP contribution in [0, 0.1) is 0 Å². The average molecular weight is 274 g/mol. The van der Waals surface area contributed by atoms with Crippen molar-refractivity contribution in [2.24, 2.45) is 5.73 Å². The summed E-state index contributed by atoms with van der Waals surface area (Å²) in [4.78, 5) is 0. The van der Waals surface area contributed by atoms with Crippen molar-refractivity contribution < 1.29 is 4.74 Å². The minimum absolute atomic E-state index is 0.182. The van der Waals surface area contributed by atoms with Gasteiger partial charge in [0.05, 0.1) is 23.7 Å². The molecule has 0 atom stereocenters. The molecule has 0 aliphatic rings. The highest BCUT2D eigenvalue weighted by Crippen LogP contribution is 2.16. The lowest BCUT2D eigenvalue weighted by atomic mass is 10.2. The zero-order valence-electron chi connectivity index (χ0n) is 12.1. The minimum atomic E-state index is 0.182. The van der Waals surface area contributed by atoms with Gasteiger partial charge in [0.1, 0.15) is 5.75 Å². The van der Waals surface area contributed by atoms with E-state index < -0.39 is 0 Å². The SMILES string of the molecule is CC(C)Oc1ccc(-n2cc(CCCCN)nn2)cc1. The largest absolute Gasteiger partial charge is 0.491 e. The Hall–Kier alpha value is -1.88. The van der Waals surface area contributed by atoms with Gasteiger partial charge in [0.2, 0.25) is 0 Å². The van der Waals surface area contributed by atoms with Gasteiger partial charge in [-0.3, -0.25) is 0 Å². The molecule has 5 nitrogen and oxygen atoms in total. The molecule has 0 radical (unpaired) electrons. The number of hydrogen-bond donors (Lipinski definition) is 1. The third-order valence-electron chi connectivity index (χ3n) is 2.90. The summed E-state index contributed by atoms with van der Waals surface area (Å²) in [5.41, 5.74) is 7.47. The number of hydrogen-bond acceptors (Lipinski definition) is 4. The lowest BCUT2D eigenvalue weighted by Crippen LogP contribution is -2.05. The van der Waals surface area contributed by atoms with Crippen LogP contribution in [0.1, 0.15) is 32.4 Å². The monoisotopic (exact) mass is 274 g/mol. The molecule has 1 aromatic carbocycles. The number of aromatic nitrogens is 3. The van der Waals surface area contributed by atoms with Crippen molar-refractivity contribution in [1.29, 1.82) is 0 Å². The van der Waals surface area contributed by atoms with Crippen LogP contribution in [-0.4, -0.2) is 27.6 Å². The zero-order chi connectivity index (χ0) is 14.4. The van der Waals surface area contributed by atoms with Crippen LogP contribution < -0.4 is 10.5 Å². The predicted molar refractivity (Wildman–Crippen MR) is 79.1 cm³/mol. The number of rotatable bonds is 7. The van der Waals surface area contributed by atoms with Crippen LogP contribution in [0.25, 0.3) is 5.69 Å². The molecule has 0 amide bonds. The lowest BCUT2D eigenvalue weighted by molar-refractivity contribution is 0.242. The minimum Gasteiger partial charge on any atom is -0.491 e. The highest BCUT2D eigenvalue weighted by molar-refractivity contribution is 5.36. The molecule has 1 heterocycles. The highest BCUT2D eigenvalue weighted by atomic mass is 16.5. The van der Waals surface area contributed by atoms with E-state index in [1.807, 2.05) is 44.3 Å². The van der Waals surface area contributed by atoms with Crippen molar-refractivity contribution >= 4 is 0 Å². The van der Waals surface area contributed by atoms with E-state index in [1.54, 1.807) is 4.68 Å². The lowest BCUT2D eigenvalue weighted by Gasteiger charge is -2.09. The van der Waals surface area contributed by atoms with E-state index in [9.17, 15) is 0 Å². The molecule has 0 fully saturated rings. The summed E-state index contributed by atoms with van der Waals surface area (Å²) in [6, 6.07) is 7.86. The first kappa shape index (κ1) is 14.5. The number of ether oxygens (including phenoxy) is 1. The van der Waals surface area contributed by atoms with E-state index in [1.165, 1.54) is 0 Å². The number of unbranched alkanes of at least 4 members (excludes halogenated alkanes) is 1. The Kier molecular flexibility index (Phi) is 5.12. The van der Waals surface area contributed by atoms with Gasteiger partial charge in [-0.05, 0) is 63.9 Å². The molecule has 0 aliphatic carbocycles. The smallest absolute Gasteiger partial charge is 0.119 e. The predicted octanol–water partition coefficient (Wildman–Crippen LogP) is 2.34. The van der Waals surface area contributed by atoms with Crippen LogP contribution in [0.3, 0.4) is 0 Å². The maximum atomic E-state index is 5.62. The van der Waals surface area contributed by atoms with Crippen LogP contribution in [-0.2, 0) is 6.42 Å². The Balaban J connectivity index is 2.00. The van der Waals surface area contributed by atoms with Crippen molar-refractivity contribution in [2.45, 2.75) is 39.2 Å². The second-order valence-corrected chi connectivity index (χ2v) is 5.06. The summed E-state index contributed by atoms with van der Waals surface area (Å²) >= 11 is 0. The van der Waals surface area contributed by atoms with Crippen LogP contribution in [0.15, 0.2) is 30.5 Å². The molecule has 20 heavy (non-hydrogen) atoms. The third-order valence-corrected chi connectivity index (χ3v) is 2.90. The molecular weight excluding hydrogens is 252 g/mol. The van der Waals surface area contributed by atoms with Gasteiger partial charge in [-0.2, -0.15) is 0 Å². The zero-order valence-corrected chi connectivity index (χ0v) is 12.1. The summed E-state index contributed by atoms with van der Waals surface area (Å²) in [5.74, 6) is 0.868. The molecule has 0 saturated carbocycles. The molecule has 108 valence electrons. The summed E-state index contributed by atoms with van der Waals surface area (Å²) in [5, 5.41) is 8.33. The molecule has 0 unspecified atom stereocenters. The second kappa shape index (κ2) is 7.05. The molecule has 1 aromatic heterocycles. The number of benzene rings is 1. The molecule has 0 bridgehead atoms. The van der Waals surface area contributed by atoms with Crippen molar-refractivity contribution in [3.63, 3.8) is 0 Å².